The molecule has 5 heteroatoms. The van der Waals surface area contributed by atoms with Crippen molar-refractivity contribution in [2.45, 2.75) is 32.9 Å². The molecular formula is C14H21N3O2. The normalized spacial score (nSPS) is 11.9. The van der Waals surface area contributed by atoms with Gasteiger partial charge in [-0.1, -0.05) is 44.2 Å². The van der Waals surface area contributed by atoms with Crippen LogP contribution in [-0.2, 0) is 11.3 Å². The predicted molar refractivity (Wildman–Crippen MR) is 74.3 cm³/mol. The average molecular weight is 263 g/mol. The number of primary amides is 1. The molecule has 1 rings (SSSR count). The van der Waals surface area contributed by atoms with E-state index in [9.17, 15) is 9.59 Å². The maximum Gasteiger partial charge on any atom is 0.315 e. The van der Waals surface area contributed by atoms with Gasteiger partial charge in [-0.15, -0.1) is 0 Å². The van der Waals surface area contributed by atoms with Crippen molar-refractivity contribution in [1.82, 2.24) is 10.6 Å². The van der Waals surface area contributed by atoms with Crippen molar-refractivity contribution in [3.05, 3.63) is 35.9 Å². The SMILES string of the molecule is CC(C)C[C@H](NC(=O)NCc1ccccc1)C(N)=O. The van der Waals surface area contributed by atoms with Crippen molar-refractivity contribution in [1.29, 1.82) is 0 Å². The standard InChI is InChI=1S/C14H21N3O2/c1-10(2)8-12(13(15)18)17-14(19)16-9-11-6-4-3-5-7-11/h3-7,10,12H,8-9H2,1-2H3,(H2,15,18)(H2,16,17,19)/t12-/m0/s1. The van der Waals surface area contributed by atoms with Gasteiger partial charge in [0.05, 0.1) is 0 Å². The summed E-state index contributed by atoms with van der Waals surface area (Å²) in [5.74, 6) is -0.226. The van der Waals surface area contributed by atoms with Crippen LogP contribution in [-0.4, -0.2) is 18.0 Å². The van der Waals surface area contributed by atoms with E-state index in [1.54, 1.807) is 0 Å². The molecule has 5 nitrogen and oxygen atoms in total. The van der Waals surface area contributed by atoms with Gasteiger partial charge in [0, 0.05) is 6.54 Å². The molecule has 0 saturated heterocycles. The number of hydrogen-bond donors (Lipinski definition) is 3. The molecular weight excluding hydrogens is 242 g/mol. The zero-order valence-corrected chi connectivity index (χ0v) is 11.3. The van der Waals surface area contributed by atoms with E-state index in [0.717, 1.165) is 5.56 Å². The Morgan fingerprint density at radius 3 is 2.37 bits per heavy atom. The first kappa shape index (κ1) is 15.0. The van der Waals surface area contributed by atoms with Gasteiger partial charge in [0.2, 0.25) is 5.91 Å². The Morgan fingerprint density at radius 2 is 1.84 bits per heavy atom. The minimum Gasteiger partial charge on any atom is -0.368 e. The highest BCUT2D eigenvalue weighted by Crippen LogP contribution is 2.04. The Balaban J connectivity index is 2.42. The molecule has 1 aromatic rings. The molecule has 0 heterocycles. The maximum atomic E-state index is 11.7. The first-order valence-electron chi connectivity index (χ1n) is 6.36. The van der Waals surface area contributed by atoms with E-state index in [1.165, 1.54) is 0 Å². The quantitative estimate of drug-likeness (QED) is 0.724. The van der Waals surface area contributed by atoms with Crippen LogP contribution in [0.1, 0.15) is 25.8 Å². The number of urea groups is 1. The first-order chi connectivity index (χ1) is 8.99. The summed E-state index contributed by atoms with van der Waals surface area (Å²) < 4.78 is 0. The minimum absolute atomic E-state index is 0.284. The van der Waals surface area contributed by atoms with Crippen molar-refractivity contribution in [3.63, 3.8) is 0 Å². The third-order valence-electron chi connectivity index (χ3n) is 2.65. The number of hydrogen-bond acceptors (Lipinski definition) is 2. The second-order valence-corrected chi connectivity index (χ2v) is 4.90. The molecule has 0 spiro atoms. The monoisotopic (exact) mass is 263 g/mol. The number of carbonyl (C=O) groups excluding carboxylic acids is 2. The van der Waals surface area contributed by atoms with Gasteiger partial charge < -0.3 is 16.4 Å². The summed E-state index contributed by atoms with van der Waals surface area (Å²) in [5.41, 5.74) is 6.26. The Labute approximate surface area is 113 Å². The van der Waals surface area contributed by atoms with Crippen LogP contribution in [0.2, 0.25) is 0 Å². The summed E-state index contributed by atoms with van der Waals surface area (Å²) in [6.07, 6.45) is 0.536. The fourth-order valence-electron chi connectivity index (χ4n) is 1.71. The van der Waals surface area contributed by atoms with E-state index in [0.29, 0.717) is 13.0 Å². The van der Waals surface area contributed by atoms with Gasteiger partial charge in [0.1, 0.15) is 6.04 Å². The van der Waals surface area contributed by atoms with E-state index >= 15 is 0 Å². The van der Waals surface area contributed by atoms with Crippen molar-refractivity contribution in [2.75, 3.05) is 0 Å². The van der Waals surface area contributed by atoms with Gasteiger partial charge in [-0.3, -0.25) is 4.79 Å². The third kappa shape index (κ3) is 5.90. The molecule has 0 bridgehead atoms. The van der Waals surface area contributed by atoms with Crippen LogP contribution in [0, 0.1) is 5.92 Å². The molecule has 0 aliphatic heterocycles. The lowest BCUT2D eigenvalue weighted by atomic mass is 10.0. The molecule has 0 aliphatic carbocycles. The topological polar surface area (TPSA) is 84.2 Å². The molecule has 3 amide bonds. The minimum atomic E-state index is -0.629. The van der Waals surface area contributed by atoms with Crippen molar-refractivity contribution in [3.8, 4) is 0 Å². The largest absolute Gasteiger partial charge is 0.368 e. The van der Waals surface area contributed by atoms with Gasteiger partial charge in [-0.05, 0) is 17.9 Å². The van der Waals surface area contributed by atoms with E-state index in [2.05, 4.69) is 10.6 Å². The second kappa shape index (κ2) is 7.41. The number of benzene rings is 1. The number of nitrogens with one attached hydrogen (secondary N) is 2. The number of amides is 3. The molecule has 0 radical (unpaired) electrons. The van der Waals surface area contributed by atoms with Gasteiger partial charge in [-0.25, -0.2) is 4.79 Å². The lowest BCUT2D eigenvalue weighted by Gasteiger charge is -2.17. The van der Waals surface area contributed by atoms with Crippen molar-refractivity contribution < 1.29 is 9.59 Å². The van der Waals surface area contributed by atoms with Crippen LogP contribution >= 0.6 is 0 Å². The van der Waals surface area contributed by atoms with Gasteiger partial charge in [0.25, 0.3) is 0 Å². The Kier molecular flexibility index (Phi) is 5.85. The van der Waals surface area contributed by atoms with Gasteiger partial charge >= 0.3 is 6.03 Å². The highest BCUT2D eigenvalue weighted by atomic mass is 16.2. The number of rotatable bonds is 6. The third-order valence-corrected chi connectivity index (χ3v) is 2.65. The van der Waals surface area contributed by atoms with E-state index < -0.39 is 11.9 Å². The highest BCUT2D eigenvalue weighted by Gasteiger charge is 2.18. The second-order valence-electron chi connectivity index (χ2n) is 4.90. The summed E-state index contributed by atoms with van der Waals surface area (Å²) in [7, 11) is 0. The summed E-state index contributed by atoms with van der Waals surface area (Å²) in [4.78, 5) is 22.9. The summed E-state index contributed by atoms with van der Waals surface area (Å²) in [5, 5.41) is 5.29. The van der Waals surface area contributed by atoms with Crippen molar-refractivity contribution >= 4 is 11.9 Å². The molecule has 1 atom stereocenters. The Bertz CT molecular complexity index is 418. The smallest absolute Gasteiger partial charge is 0.315 e. The highest BCUT2D eigenvalue weighted by molar-refractivity contribution is 5.85. The van der Waals surface area contributed by atoms with Gasteiger partial charge in [0.15, 0.2) is 0 Å². The van der Waals surface area contributed by atoms with Crippen LogP contribution in [0.4, 0.5) is 4.79 Å². The molecule has 0 fully saturated rings. The Hall–Kier alpha value is -2.04. The summed E-state index contributed by atoms with van der Waals surface area (Å²) >= 11 is 0. The molecule has 104 valence electrons. The average Bonchev–Trinajstić information content (AvgIpc) is 2.36. The van der Waals surface area contributed by atoms with Crippen LogP contribution in [0.25, 0.3) is 0 Å². The van der Waals surface area contributed by atoms with E-state index in [1.807, 2.05) is 44.2 Å². The van der Waals surface area contributed by atoms with E-state index in [-0.39, 0.29) is 11.9 Å². The lowest BCUT2D eigenvalue weighted by Crippen LogP contribution is -2.48. The van der Waals surface area contributed by atoms with E-state index in [4.69, 9.17) is 5.73 Å². The lowest BCUT2D eigenvalue weighted by molar-refractivity contribution is -0.120. The summed E-state index contributed by atoms with van der Waals surface area (Å²) in [6.45, 7) is 4.36. The molecule has 0 saturated carbocycles. The first-order valence-corrected chi connectivity index (χ1v) is 6.36. The number of carbonyl (C=O) groups is 2. The van der Waals surface area contributed by atoms with Gasteiger partial charge in [-0.2, -0.15) is 0 Å². The zero-order valence-electron chi connectivity index (χ0n) is 11.3. The van der Waals surface area contributed by atoms with Crippen LogP contribution in [0.3, 0.4) is 0 Å². The zero-order chi connectivity index (χ0) is 14.3. The molecule has 0 unspecified atom stereocenters. The van der Waals surface area contributed by atoms with Crippen LogP contribution in [0.15, 0.2) is 30.3 Å². The Morgan fingerprint density at radius 1 is 1.21 bits per heavy atom. The maximum absolute atomic E-state index is 11.7. The molecule has 1 aromatic carbocycles. The molecule has 4 N–H and O–H groups in total. The summed E-state index contributed by atoms with van der Waals surface area (Å²) in [6, 6.07) is 8.54. The molecule has 19 heavy (non-hydrogen) atoms. The number of nitrogens with two attached hydrogens (primary N) is 1. The van der Waals surface area contributed by atoms with Crippen LogP contribution < -0.4 is 16.4 Å². The van der Waals surface area contributed by atoms with Crippen LogP contribution in [0.5, 0.6) is 0 Å². The van der Waals surface area contributed by atoms with Crippen molar-refractivity contribution in [2.24, 2.45) is 11.7 Å². The molecule has 0 aliphatic rings. The fourth-order valence-corrected chi connectivity index (χ4v) is 1.71. The predicted octanol–water partition coefficient (Wildman–Crippen LogP) is 1.39. The fraction of sp³-hybridized carbons (Fsp3) is 0.429. The molecule has 0 aromatic heterocycles.